The van der Waals surface area contributed by atoms with Gasteiger partial charge < -0.3 is 10.4 Å². The summed E-state index contributed by atoms with van der Waals surface area (Å²) in [6, 6.07) is 13.1. The normalized spacial score (nSPS) is 13.4. The molecule has 0 saturated carbocycles. The van der Waals surface area contributed by atoms with Crippen LogP contribution in [0, 0.1) is 18.6 Å². The van der Waals surface area contributed by atoms with Gasteiger partial charge in [-0.3, -0.25) is 4.68 Å². The van der Waals surface area contributed by atoms with Crippen molar-refractivity contribution < 1.29 is 13.9 Å². The first-order chi connectivity index (χ1) is 13.9. The Morgan fingerprint density at radius 3 is 2.41 bits per heavy atom. The maximum atomic E-state index is 13.6. The second-order valence-electron chi connectivity index (χ2n) is 7.36. The molecule has 1 heterocycles. The number of benzene rings is 2. The number of hydrogen-bond donors (Lipinski definition) is 2. The summed E-state index contributed by atoms with van der Waals surface area (Å²) in [6.07, 6.45) is 2.24. The van der Waals surface area contributed by atoms with Crippen molar-refractivity contribution in [2.24, 2.45) is 0 Å². The van der Waals surface area contributed by atoms with Crippen molar-refractivity contribution in [1.29, 1.82) is 0 Å². The molecular formula is C23H27F2N3O. The van der Waals surface area contributed by atoms with Gasteiger partial charge in [-0.15, -0.1) is 0 Å². The molecule has 1 aromatic heterocycles. The molecule has 2 N–H and O–H groups in total. The molecule has 4 nitrogen and oxygen atoms in total. The molecule has 0 amide bonds. The van der Waals surface area contributed by atoms with Gasteiger partial charge in [0.1, 0.15) is 11.6 Å². The molecule has 0 aliphatic heterocycles. The Morgan fingerprint density at radius 1 is 1.03 bits per heavy atom. The third-order valence-corrected chi connectivity index (χ3v) is 4.98. The Kier molecular flexibility index (Phi) is 7.12. The van der Waals surface area contributed by atoms with Crippen LogP contribution in [-0.4, -0.2) is 27.5 Å². The number of hydrogen-bond acceptors (Lipinski definition) is 3. The summed E-state index contributed by atoms with van der Waals surface area (Å²) in [5, 5.41) is 18.5. The van der Waals surface area contributed by atoms with E-state index in [4.69, 9.17) is 0 Å². The number of nitrogens with one attached hydrogen (secondary N) is 1. The monoisotopic (exact) mass is 399 g/mol. The molecule has 3 aromatic rings. The van der Waals surface area contributed by atoms with Crippen LogP contribution in [0.1, 0.15) is 35.3 Å². The van der Waals surface area contributed by atoms with E-state index in [0.717, 1.165) is 23.7 Å². The molecular weight excluding hydrogens is 372 g/mol. The molecule has 0 fully saturated rings. The van der Waals surface area contributed by atoms with Gasteiger partial charge in [-0.05, 0) is 54.7 Å². The van der Waals surface area contributed by atoms with Gasteiger partial charge in [-0.25, -0.2) is 8.78 Å². The first-order valence-corrected chi connectivity index (χ1v) is 9.88. The van der Waals surface area contributed by atoms with Gasteiger partial charge in [0.25, 0.3) is 0 Å². The lowest BCUT2D eigenvalue weighted by molar-refractivity contribution is 0.103. The van der Waals surface area contributed by atoms with Crippen LogP contribution >= 0.6 is 0 Å². The molecule has 6 heteroatoms. The molecule has 0 bridgehead atoms. The minimum Gasteiger partial charge on any atom is -0.390 e. The molecule has 0 aliphatic rings. The van der Waals surface area contributed by atoms with E-state index in [1.807, 2.05) is 25.1 Å². The van der Waals surface area contributed by atoms with Gasteiger partial charge >= 0.3 is 0 Å². The van der Waals surface area contributed by atoms with Gasteiger partial charge in [-0.1, -0.05) is 31.2 Å². The zero-order valence-corrected chi connectivity index (χ0v) is 16.8. The SMILES string of the molecule is CCc1cccc(CNC[C@@H](O)[C@H](Cc2cc(F)cc(F)c2)n2ccc(C)n2)c1. The molecule has 154 valence electrons. The highest BCUT2D eigenvalue weighted by molar-refractivity contribution is 5.23. The van der Waals surface area contributed by atoms with Crippen LogP contribution in [0.3, 0.4) is 0 Å². The Morgan fingerprint density at radius 2 is 1.76 bits per heavy atom. The van der Waals surface area contributed by atoms with Gasteiger partial charge in [0, 0.05) is 25.4 Å². The van der Waals surface area contributed by atoms with E-state index in [2.05, 4.69) is 29.5 Å². The number of aromatic nitrogens is 2. The van der Waals surface area contributed by atoms with Crippen LogP contribution in [0.15, 0.2) is 54.7 Å². The Hall–Kier alpha value is -2.57. The Balaban J connectivity index is 1.69. The molecule has 0 aliphatic carbocycles. The maximum absolute atomic E-state index is 13.6. The predicted molar refractivity (Wildman–Crippen MR) is 110 cm³/mol. The van der Waals surface area contributed by atoms with Crippen molar-refractivity contribution in [2.45, 2.75) is 45.4 Å². The van der Waals surface area contributed by atoms with Crippen LogP contribution in [0.25, 0.3) is 0 Å². The summed E-state index contributed by atoms with van der Waals surface area (Å²) in [5.41, 5.74) is 3.71. The van der Waals surface area contributed by atoms with E-state index in [9.17, 15) is 13.9 Å². The van der Waals surface area contributed by atoms with Crippen LogP contribution in [0.5, 0.6) is 0 Å². The van der Waals surface area contributed by atoms with Crippen molar-refractivity contribution in [3.05, 3.63) is 88.7 Å². The fourth-order valence-electron chi connectivity index (χ4n) is 3.45. The largest absolute Gasteiger partial charge is 0.390 e. The topological polar surface area (TPSA) is 50.1 Å². The third-order valence-electron chi connectivity index (χ3n) is 4.98. The van der Waals surface area contributed by atoms with E-state index in [1.165, 1.54) is 17.7 Å². The highest BCUT2D eigenvalue weighted by Crippen LogP contribution is 2.20. The minimum atomic E-state index is -0.782. The number of halogens is 2. The van der Waals surface area contributed by atoms with Crippen molar-refractivity contribution in [2.75, 3.05) is 6.54 Å². The summed E-state index contributed by atoms with van der Waals surface area (Å²) >= 11 is 0. The average molecular weight is 399 g/mol. The number of aryl methyl sites for hydroxylation is 2. The van der Waals surface area contributed by atoms with Crippen LogP contribution in [-0.2, 0) is 19.4 Å². The van der Waals surface area contributed by atoms with Crippen molar-refractivity contribution >= 4 is 0 Å². The zero-order valence-electron chi connectivity index (χ0n) is 16.8. The van der Waals surface area contributed by atoms with Crippen molar-refractivity contribution in [3.63, 3.8) is 0 Å². The van der Waals surface area contributed by atoms with E-state index in [0.29, 0.717) is 18.7 Å². The summed E-state index contributed by atoms with van der Waals surface area (Å²) in [5.74, 6) is -1.25. The molecule has 0 unspecified atom stereocenters. The second kappa shape index (κ2) is 9.76. The molecule has 29 heavy (non-hydrogen) atoms. The molecule has 0 spiro atoms. The number of nitrogens with zero attached hydrogens (tertiary/aromatic N) is 2. The lowest BCUT2D eigenvalue weighted by Crippen LogP contribution is -2.35. The summed E-state index contributed by atoms with van der Waals surface area (Å²) < 4.78 is 28.9. The smallest absolute Gasteiger partial charge is 0.126 e. The van der Waals surface area contributed by atoms with E-state index in [1.54, 1.807) is 10.9 Å². The lowest BCUT2D eigenvalue weighted by atomic mass is 10.0. The van der Waals surface area contributed by atoms with Gasteiger partial charge in [0.15, 0.2) is 0 Å². The fraction of sp³-hybridized carbons (Fsp3) is 0.348. The molecule has 0 radical (unpaired) electrons. The van der Waals surface area contributed by atoms with E-state index >= 15 is 0 Å². The average Bonchev–Trinajstić information content (AvgIpc) is 3.11. The summed E-state index contributed by atoms with van der Waals surface area (Å²) in [6.45, 7) is 4.94. The Labute approximate surface area is 170 Å². The zero-order chi connectivity index (χ0) is 20.8. The predicted octanol–water partition coefficient (Wildman–Crippen LogP) is 3.97. The lowest BCUT2D eigenvalue weighted by Gasteiger charge is -2.24. The molecule has 0 saturated heterocycles. The van der Waals surface area contributed by atoms with Crippen LogP contribution in [0.2, 0.25) is 0 Å². The summed E-state index contributed by atoms with van der Waals surface area (Å²) in [7, 11) is 0. The Bertz CT molecular complexity index is 921. The number of aliphatic hydroxyl groups is 1. The van der Waals surface area contributed by atoms with Crippen molar-refractivity contribution in [1.82, 2.24) is 15.1 Å². The first-order valence-electron chi connectivity index (χ1n) is 9.88. The number of rotatable bonds is 9. The standard InChI is InChI=1S/C23H27F2N3O/c1-3-17-5-4-6-18(9-17)14-26-15-23(29)22(28-8-7-16(2)27-28)12-19-10-20(24)13-21(25)11-19/h4-11,13,22-23,26,29H,3,12,14-15H2,1-2H3/t22-,23+/m0/s1. The van der Waals surface area contributed by atoms with E-state index < -0.39 is 23.8 Å². The maximum Gasteiger partial charge on any atom is 0.126 e. The van der Waals surface area contributed by atoms with Crippen LogP contribution < -0.4 is 5.32 Å². The van der Waals surface area contributed by atoms with E-state index in [-0.39, 0.29) is 6.42 Å². The van der Waals surface area contributed by atoms with Gasteiger partial charge in [-0.2, -0.15) is 5.10 Å². The van der Waals surface area contributed by atoms with Crippen molar-refractivity contribution in [3.8, 4) is 0 Å². The number of aliphatic hydroxyl groups excluding tert-OH is 1. The van der Waals surface area contributed by atoms with Crippen LogP contribution in [0.4, 0.5) is 8.78 Å². The molecule has 3 rings (SSSR count). The van der Waals surface area contributed by atoms with Gasteiger partial charge in [0.05, 0.1) is 17.8 Å². The molecule has 2 atom stereocenters. The second-order valence-corrected chi connectivity index (χ2v) is 7.36. The fourth-order valence-corrected chi connectivity index (χ4v) is 3.45. The highest BCUT2D eigenvalue weighted by atomic mass is 19.1. The summed E-state index contributed by atoms with van der Waals surface area (Å²) in [4.78, 5) is 0. The minimum absolute atomic E-state index is 0.268. The molecule has 2 aromatic carbocycles. The van der Waals surface area contributed by atoms with Gasteiger partial charge in [0.2, 0.25) is 0 Å². The third kappa shape index (κ3) is 5.95. The highest BCUT2D eigenvalue weighted by Gasteiger charge is 2.23. The quantitative estimate of drug-likeness (QED) is 0.573. The first kappa shape index (κ1) is 21.1.